The van der Waals surface area contributed by atoms with Crippen LogP contribution in [0, 0.1) is 0 Å². The summed E-state index contributed by atoms with van der Waals surface area (Å²) in [5.74, 6) is -0.584. The van der Waals surface area contributed by atoms with E-state index in [1.165, 1.54) is 18.2 Å². The molecule has 0 fully saturated rings. The molecule has 0 unspecified atom stereocenters. The number of hydrogen-bond donors (Lipinski definition) is 2. The molecule has 1 rings (SSSR count). The fourth-order valence-electron chi connectivity index (χ4n) is 1.57. The first-order chi connectivity index (χ1) is 9.50. The number of thiocarbonyl (C=S) groups is 1. The number of unbranched alkanes of at least 4 members (excludes halogenated alkanes) is 1. The molecule has 3 N–H and O–H groups in total. The number of hydrogen-bond acceptors (Lipinski definition) is 3. The number of halogens is 2. The van der Waals surface area contributed by atoms with E-state index in [0.29, 0.717) is 24.4 Å². The molecule has 0 atom stereocenters. The van der Waals surface area contributed by atoms with Gasteiger partial charge in [-0.25, -0.2) is 0 Å². The van der Waals surface area contributed by atoms with Gasteiger partial charge >= 0.3 is 6.61 Å². The Hall–Kier alpha value is -1.76. The molecule has 0 aliphatic rings. The lowest BCUT2D eigenvalue weighted by molar-refractivity contribution is -0.0501. The maximum absolute atomic E-state index is 12.2. The Morgan fingerprint density at radius 1 is 1.35 bits per heavy atom. The van der Waals surface area contributed by atoms with Crippen LogP contribution in [0.4, 0.5) is 8.78 Å². The molecule has 0 saturated carbocycles. The van der Waals surface area contributed by atoms with Gasteiger partial charge in [0, 0.05) is 6.54 Å². The molecule has 0 bridgehead atoms. The second-order valence-corrected chi connectivity index (χ2v) is 4.58. The first-order valence-electron chi connectivity index (χ1n) is 6.11. The van der Waals surface area contributed by atoms with E-state index < -0.39 is 12.5 Å². The number of benzene rings is 1. The molecule has 4 nitrogen and oxygen atoms in total. The van der Waals surface area contributed by atoms with Gasteiger partial charge < -0.3 is 15.8 Å². The quantitative estimate of drug-likeness (QED) is 0.572. The van der Waals surface area contributed by atoms with Gasteiger partial charge in [0.05, 0.1) is 10.6 Å². The van der Waals surface area contributed by atoms with Crippen molar-refractivity contribution in [2.24, 2.45) is 5.73 Å². The van der Waals surface area contributed by atoms with Crippen LogP contribution in [-0.2, 0) is 0 Å². The average Bonchev–Trinajstić information content (AvgIpc) is 2.37. The van der Waals surface area contributed by atoms with Crippen molar-refractivity contribution in [1.82, 2.24) is 5.32 Å². The van der Waals surface area contributed by atoms with E-state index >= 15 is 0 Å². The summed E-state index contributed by atoms with van der Waals surface area (Å²) in [4.78, 5) is 12.3. The molecule has 20 heavy (non-hydrogen) atoms. The van der Waals surface area contributed by atoms with Crippen molar-refractivity contribution in [3.05, 3.63) is 29.8 Å². The molecule has 7 heteroatoms. The standard InChI is InChI=1S/C13H16F2N2O2S/c14-13(15)19-10-6-2-1-5-9(10)12(18)17-8-4-3-7-11(16)20/h1-2,5-6,13H,3-4,7-8H2,(H2,16,20)(H,17,18). The van der Waals surface area contributed by atoms with Crippen LogP contribution in [0.2, 0.25) is 0 Å². The van der Waals surface area contributed by atoms with E-state index in [1.807, 2.05) is 0 Å². The first-order valence-corrected chi connectivity index (χ1v) is 6.52. The number of nitrogens with one attached hydrogen (secondary N) is 1. The van der Waals surface area contributed by atoms with E-state index in [4.69, 9.17) is 18.0 Å². The van der Waals surface area contributed by atoms with Gasteiger partial charge in [0.1, 0.15) is 5.75 Å². The first kappa shape index (κ1) is 16.3. The predicted octanol–water partition coefficient (Wildman–Crippen LogP) is 2.47. The van der Waals surface area contributed by atoms with Crippen molar-refractivity contribution < 1.29 is 18.3 Å². The molecule has 0 radical (unpaired) electrons. The highest BCUT2D eigenvalue weighted by molar-refractivity contribution is 7.80. The molecule has 110 valence electrons. The third-order valence-corrected chi connectivity index (χ3v) is 2.69. The van der Waals surface area contributed by atoms with Gasteiger partial charge in [0.2, 0.25) is 0 Å². The van der Waals surface area contributed by atoms with Crippen LogP contribution >= 0.6 is 12.2 Å². The maximum Gasteiger partial charge on any atom is 0.387 e. The molecule has 1 aromatic rings. The minimum Gasteiger partial charge on any atom is -0.434 e. The van der Waals surface area contributed by atoms with Crippen molar-refractivity contribution in [1.29, 1.82) is 0 Å². The number of alkyl halides is 2. The summed E-state index contributed by atoms with van der Waals surface area (Å²) in [5, 5.41) is 2.64. The van der Waals surface area contributed by atoms with Crippen molar-refractivity contribution in [2.75, 3.05) is 6.54 Å². The number of amides is 1. The molecule has 0 aliphatic carbocycles. The number of nitrogens with two attached hydrogens (primary N) is 1. The Labute approximate surface area is 121 Å². The van der Waals surface area contributed by atoms with E-state index in [9.17, 15) is 13.6 Å². The van der Waals surface area contributed by atoms with Gasteiger partial charge in [-0.1, -0.05) is 24.4 Å². The van der Waals surface area contributed by atoms with E-state index in [2.05, 4.69) is 10.1 Å². The average molecular weight is 302 g/mol. The van der Waals surface area contributed by atoms with Crippen molar-refractivity contribution in [2.45, 2.75) is 25.9 Å². The molecular weight excluding hydrogens is 286 g/mol. The normalized spacial score (nSPS) is 10.3. The van der Waals surface area contributed by atoms with Crippen LogP contribution in [0.3, 0.4) is 0 Å². The number of carbonyl (C=O) groups is 1. The molecule has 1 amide bonds. The van der Waals surface area contributed by atoms with Gasteiger partial charge in [0.15, 0.2) is 0 Å². The number of rotatable bonds is 8. The highest BCUT2D eigenvalue weighted by Crippen LogP contribution is 2.19. The summed E-state index contributed by atoms with van der Waals surface area (Å²) in [5.41, 5.74) is 5.43. The lowest BCUT2D eigenvalue weighted by Gasteiger charge is -2.10. The monoisotopic (exact) mass is 302 g/mol. The summed E-state index contributed by atoms with van der Waals surface area (Å²) in [7, 11) is 0. The van der Waals surface area contributed by atoms with E-state index in [1.54, 1.807) is 6.07 Å². The van der Waals surface area contributed by atoms with Gasteiger partial charge in [-0.2, -0.15) is 8.78 Å². The fraction of sp³-hybridized carbons (Fsp3) is 0.385. The van der Waals surface area contributed by atoms with Crippen LogP contribution in [0.1, 0.15) is 29.6 Å². The van der Waals surface area contributed by atoms with Crippen molar-refractivity contribution >= 4 is 23.1 Å². The maximum atomic E-state index is 12.2. The van der Waals surface area contributed by atoms with Crippen LogP contribution in [0.15, 0.2) is 24.3 Å². The van der Waals surface area contributed by atoms with Crippen LogP contribution in [-0.4, -0.2) is 24.1 Å². The van der Waals surface area contributed by atoms with Gasteiger partial charge in [-0.15, -0.1) is 0 Å². The predicted molar refractivity (Wildman–Crippen MR) is 76.0 cm³/mol. The van der Waals surface area contributed by atoms with E-state index in [0.717, 1.165) is 6.42 Å². The van der Waals surface area contributed by atoms with Gasteiger partial charge in [-0.05, 0) is 31.4 Å². The SMILES string of the molecule is NC(=S)CCCCNC(=O)c1ccccc1OC(F)F. The molecule has 0 heterocycles. The Kier molecular flexibility index (Phi) is 6.86. The Bertz CT molecular complexity index is 469. The second kappa shape index (κ2) is 8.42. The van der Waals surface area contributed by atoms with Gasteiger partial charge in [0.25, 0.3) is 5.91 Å². The summed E-state index contributed by atoms with van der Waals surface area (Å²) < 4.78 is 28.7. The lowest BCUT2D eigenvalue weighted by Crippen LogP contribution is -2.25. The third-order valence-electron chi connectivity index (χ3n) is 2.48. The molecule has 0 aromatic heterocycles. The molecular formula is C13H16F2N2O2S. The molecule has 0 saturated heterocycles. The summed E-state index contributed by atoms with van der Waals surface area (Å²) in [6.07, 6.45) is 2.10. The van der Waals surface area contributed by atoms with E-state index in [-0.39, 0.29) is 11.3 Å². The largest absolute Gasteiger partial charge is 0.434 e. The number of para-hydroxylation sites is 1. The van der Waals surface area contributed by atoms with Crippen molar-refractivity contribution in [3.63, 3.8) is 0 Å². The fourth-order valence-corrected chi connectivity index (χ4v) is 1.72. The summed E-state index contributed by atoms with van der Waals surface area (Å²) >= 11 is 4.73. The lowest BCUT2D eigenvalue weighted by atomic mass is 10.2. The van der Waals surface area contributed by atoms with Crippen molar-refractivity contribution in [3.8, 4) is 5.75 Å². The molecule has 0 spiro atoms. The zero-order chi connectivity index (χ0) is 15.0. The zero-order valence-electron chi connectivity index (χ0n) is 10.8. The Morgan fingerprint density at radius 2 is 2.05 bits per heavy atom. The minimum atomic E-state index is -2.96. The third kappa shape index (κ3) is 5.92. The topological polar surface area (TPSA) is 64.3 Å². The van der Waals surface area contributed by atoms with Gasteiger partial charge in [-0.3, -0.25) is 4.79 Å². The Balaban J connectivity index is 2.48. The summed E-state index contributed by atoms with van der Waals surface area (Å²) in [6, 6.07) is 5.87. The molecule has 1 aromatic carbocycles. The van der Waals surface area contributed by atoms with Crippen LogP contribution < -0.4 is 15.8 Å². The minimum absolute atomic E-state index is 0.0853. The highest BCUT2D eigenvalue weighted by Gasteiger charge is 2.14. The smallest absolute Gasteiger partial charge is 0.387 e. The zero-order valence-corrected chi connectivity index (χ0v) is 11.6. The summed E-state index contributed by atoms with van der Waals surface area (Å²) in [6.45, 7) is -2.54. The Morgan fingerprint density at radius 3 is 2.70 bits per heavy atom. The molecule has 0 aliphatic heterocycles. The van der Waals surface area contributed by atoms with Crippen LogP contribution in [0.25, 0.3) is 0 Å². The second-order valence-electron chi connectivity index (χ2n) is 4.05. The van der Waals surface area contributed by atoms with Crippen LogP contribution in [0.5, 0.6) is 5.75 Å². The highest BCUT2D eigenvalue weighted by atomic mass is 32.1. The number of carbonyl (C=O) groups excluding carboxylic acids is 1. The number of ether oxygens (including phenoxy) is 1.